The molecule has 0 amide bonds. The van der Waals surface area contributed by atoms with Crippen LogP contribution in [-0.2, 0) is 0 Å². The normalized spacial score (nSPS) is 12.6. The molecule has 2 aromatic carbocycles. The first-order valence-corrected chi connectivity index (χ1v) is 9.70. The first-order chi connectivity index (χ1) is 14.0. The van der Waals surface area contributed by atoms with Crippen LogP contribution in [0.3, 0.4) is 0 Å². The second-order valence-corrected chi connectivity index (χ2v) is 7.59. The summed E-state index contributed by atoms with van der Waals surface area (Å²) in [6, 6.07) is 10.8. The summed E-state index contributed by atoms with van der Waals surface area (Å²) in [6.45, 7) is 2.02. The largest absolute Gasteiger partial charge is 0.496 e. The zero-order chi connectivity index (χ0) is 20.7. The number of rotatable bonds is 5. The molecule has 2 aromatic heterocycles. The van der Waals surface area contributed by atoms with E-state index >= 15 is 0 Å². The lowest BCUT2D eigenvalue weighted by molar-refractivity contribution is 0.318. The van der Waals surface area contributed by atoms with Crippen molar-refractivity contribution in [3.05, 3.63) is 59.0 Å². The second-order valence-electron chi connectivity index (χ2n) is 7.09. The molecule has 4 rings (SSSR count). The Kier molecular flexibility index (Phi) is 4.94. The molecule has 0 aliphatic heterocycles. The maximum atomic E-state index is 14.1. The minimum atomic E-state index is -0.370. The van der Waals surface area contributed by atoms with Crippen LogP contribution in [0.5, 0.6) is 5.75 Å². The molecule has 29 heavy (non-hydrogen) atoms. The van der Waals surface area contributed by atoms with E-state index in [-0.39, 0.29) is 18.4 Å². The van der Waals surface area contributed by atoms with Gasteiger partial charge in [-0.2, -0.15) is 5.26 Å². The molecule has 1 unspecified atom stereocenters. The number of hydrogen-bond acceptors (Lipinski definition) is 5. The summed E-state index contributed by atoms with van der Waals surface area (Å²) in [7, 11) is 5.49. The number of ether oxygens (including phenoxy) is 1. The maximum absolute atomic E-state index is 14.1. The van der Waals surface area contributed by atoms with Gasteiger partial charge in [0.25, 0.3) is 0 Å². The summed E-state index contributed by atoms with van der Waals surface area (Å²) in [5.74, 6) is 1.24. The molecule has 1 N–H and O–H groups in total. The van der Waals surface area contributed by atoms with Crippen molar-refractivity contribution >= 4 is 34.3 Å². The molecule has 0 aliphatic carbocycles. The second kappa shape index (κ2) is 7.43. The summed E-state index contributed by atoms with van der Waals surface area (Å²) in [4.78, 5) is 9.99. The van der Waals surface area contributed by atoms with Crippen LogP contribution in [0, 0.1) is 18.3 Å². The molecule has 1 atom stereocenters. The van der Waals surface area contributed by atoms with Gasteiger partial charge < -0.3 is 9.72 Å². The zero-order valence-corrected chi connectivity index (χ0v) is 17.3. The topological polar surface area (TPSA) is 69.9 Å². The summed E-state index contributed by atoms with van der Waals surface area (Å²) in [5.41, 5.74) is 4.64. The van der Waals surface area contributed by atoms with Crippen molar-refractivity contribution in [2.45, 2.75) is 13.0 Å². The van der Waals surface area contributed by atoms with E-state index in [0.717, 1.165) is 22.0 Å². The summed E-state index contributed by atoms with van der Waals surface area (Å²) < 4.78 is 21.3. The number of nitriles is 1. The highest BCUT2D eigenvalue weighted by atomic mass is 32.2. The standard InChI is InChI=1S/C21H20FN5OS/c1-12-9-17(28-4)18(14-7-8-24-19(12)14)20(26(2)3)21-25-15-6-5-13(11-23)10-16(15)27(21)29-22/h5-10,20,24H,1-4H3. The van der Waals surface area contributed by atoms with Crippen molar-refractivity contribution in [3.63, 3.8) is 0 Å². The summed E-state index contributed by atoms with van der Waals surface area (Å²) >= 11 is 0.0847. The Bertz CT molecular complexity index is 1250. The van der Waals surface area contributed by atoms with E-state index in [1.807, 2.05) is 44.2 Å². The first kappa shape index (κ1) is 19.3. The highest BCUT2D eigenvalue weighted by Gasteiger charge is 2.30. The number of nitrogens with one attached hydrogen (secondary N) is 1. The predicted molar refractivity (Wildman–Crippen MR) is 114 cm³/mol. The predicted octanol–water partition coefficient (Wildman–Crippen LogP) is 4.74. The van der Waals surface area contributed by atoms with Gasteiger partial charge in [0.15, 0.2) is 12.3 Å². The van der Waals surface area contributed by atoms with Crippen LogP contribution in [-0.4, -0.2) is 40.0 Å². The van der Waals surface area contributed by atoms with Crippen LogP contribution < -0.4 is 4.74 Å². The molecule has 0 radical (unpaired) electrons. The van der Waals surface area contributed by atoms with Crippen molar-refractivity contribution in [2.75, 3.05) is 21.2 Å². The number of aromatic nitrogens is 3. The van der Waals surface area contributed by atoms with Crippen LogP contribution in [0.25, 0.3) is 21.9 Å². The number of nitrogens with zero attached hydrogens (tertiary/aromatic N) is 4. The SMILES string of the molecule is COc1cc(C)c2[nH]ccc2c1C(c1nc2ccc(C#N)cc2n1SF)N(C)C. The van der Waals surface area contributed by atoms with Crippen molar-refractivity contribution < 1.29 is 8.62 Å². The van der Waals surface area contributed by atoms with Crippen LogP contribution >= 0.6 is 12.3 Å². The smallest absolute Gasteiger partial charge is 0.171 e. The third kappa shape index (κ3) is 3.03. The van der Waals surface area contributed by atoms with Crippen LogP contribution in [0.1, 0.15) is 28.6 Å². The van der Waals surface area contributed by atoms with E-state index in [1.165, 1.54) is 3.97 Å². The Morgan fingerprint density at radius 1 is 1.31 bits per heavy atom. The quantitative estimate of drug-likeness (QED) is 0.516. The minimum Gasteiger partial charge on any atom is -0.496 e. The number of aryl methyl sites for hydroxylation is 1. The molecular weight excluding hydrogens is 389 g/mol. The Morgan fingerprint density at radius 2 is 2.10 bits per heavy atom. The molecule has 0 bridgehead atoms. The van der Waals surface area contributed by atoms with Gasteiger partial charge >= 0.3 is 0 Å². The van der Waals surface area contributed by atoms with Gasteiger partial charge in [-0.05, 0) is 56.9 Å². The van der Waals surface area contributed by atoms with Crippen LogP contribution in [0.2, 0.25) is 0 Å². The fraction of sp³-hybridized carbons (Fsp3) is 0.238. The average Bonchev–Trinajstić information content (AvgIpc) is 3.33. The Morgan fingerprint density at radius 3 is 2.76 bits per heavy atom. The number of imidazole rings is 1. The summed E-state index contributed by atoms with van der Waals surface area (Å²) in [5, 5.41) is 10.2. The fourth-order valence-corrected chi connectivity index (χ4v) is 4.29. The lowest BCUT2D eigenvalue weighted by Gasteiger charge is -2.27. The van der Waals surface area contributed by atoms with E-state index in [0.29, 0.717) is 28.2 Å². The van der Waals surface area contributed by atoms with Gasteiger partial charge in [0, 0.05) is 22.7 Å². The number of aromatic amines is 1. The van der Waals surface area contributed by atoms with E-state index in [9.17, 15) is 9.15 Å². The molecular formula is C21H20FN5OS. The molecule has 0 saturated heterocycles. The number of hydrogen-bond donors (Lipinski definition) is 1. The Hall–Kier alpha value is -3.02. The molecule has 0 saturated carbocycles. The van der Waals surface area contributed by atoms with Gasteiger partial charge in [0.2, 0.25) is 0 Å². The monoisotopic (exact) mass is 409 g/mol. The maximum Gasteiger partial charge on any atom is 0.171 e. The summed E-state index contributed by atoms with van der Waals surface area (Å²) in [6.07, 6.45) is 1.89. The van der Waals surface area contributed by atoms with Crippen molar-refractivity contribution in [3.8, 4) is 11.8 Å². The number of H-pyrrole nitrogens is 1. The highest BCUT2D eigenvalue weighted by molar-refractivity contribution is 7.92. The van der Waals surface area contributed by atoms with Crippen molar-refractivity contribution in [2.24, 2.45) is 0 Å². The first-order valence-electron chi connectivity index (χ1n) is 9.02. The van der Waals surface area contributed by atoms with Gasteiger partial charge in [0.05, 0.1) is 35.8 Å². The van der Waals surface area contributed by atoms with E-state index < -0.39 is 0 Å². The number of fused-ring (bicyclic) bond motifs is 2. The average molecular weight is 409 g/mol. The minimum absolute atomic E-state index is 0.0847. The van der Waals surface area contributed by atoms with Gasteiger partial charge in [-0.1, -0.05) is 0 Å². The van der Waals surface area contributed by atoms with Crippen LogP contribution in [0.4, 0.5) is 3.89 Å². The molecule has 6 nitrogen and oxygen atoms in total. The van der Waals surface area contributed by atoms with Gasteiger partial charge in [-0.3, -0.25) is 4.90 Å². The third-order valence-corrected chi connectivity index (χ3v) is 5.66. The highest BCUT2D eigenvalue weighted by Crippen LogP contribution is 2.41. The van der Waals surface area contributed by atoms with Gasteiger partial charge in [-0.15, -0.1) is 3.89 Å². The molecule has 0 fully saturated rings. The molecule has 148 valence electrons. The van der Waals surface area contributed by atoms with Crippen LogP contribution in [0.15, 0.2) is 36.5 Å². The Labute approximate surface area is 172 Å². The number of halogens is 1. The Balaban J connectivity index is 2.05. The van der Waals surface area contributed by atoms with Gasteiger partial charge in [-0.25, -0.2) is 8.96 Å². The van der Waals surface area contributed by atoms with Crippen molar-refractivity contribution in [1.82, 2.24) is 18.8 Å². The van der Waals surface area contributed by atoms with E-state index in [2.05, 4.69) is 11.1 Å². The number of benzene rings is 2. The zero-order valence-electron chi connectivity index (χ0n) is 16.5. The lowest BCUT2D eigenvalue weighted by Crippen LogP contribution is -2.24. The molecule has 0 spiro atoms. The van der Waals surface area contributed by atoms with Gasteiger partial charge in [0.1, 0.15) is 11.6 Å². The molecule has 8 heteroatoms. The number of methoxy groups -OCH3 is 1. The van der Waals surface area contributed by atoms with Crippen molar-refractivity contribution in [1.29, 1.82) is 5.26 Å². The molecule has 0 aliphatic rings. The molecule has 2 heterocycles. The van der Waals surface area contributed by atoms with E-state index in [1.54, 1.807) is 25.3 Å². The lowest BCUT2D eigenvalue weighted by atomic mass is 9.97. The fourth-order valence-electron chi connectivity index (χ4n) is 3.86. The van der Waals surface area contributed by atoms with E-state index in [4.69, 9.17) is 9.72 Å². The molecule has 4 aromatic rings. The third-order valence-electron chi connectivity index (χ3n) is 5.13.